The Labute approximate surface area is 183 Å². The SMILES string of the molecule is CC(NC(=O)OC(C)(C)C)C(=O)N(CC#N)C(C(=O)NC(C)(C)C)c1ccccc1O. The molecule has 2 atom stereocenters. The summed E-state index contributed by atoms with van der Waals surface area (Å²) in [6, 6.07) is 5.61. The minimum Gasteiger partial charge on any atom is -0.508 e. The van der Waals surface area contributed by atoms with Crippen LogP contribution in [0, 0.1) is 11.3 Å². The van der Waals surface area contributed by atoms with Gasteiger partial charge in [0.15, 0.2) is 0 Å². The Morgan fingerprint density at radius 2 is 1.74 bits per heavy atom. The quantitative estimate of drug-likeness (QED) is 0.592. The van der Waals surface area contributed by atoms with Gasteiger partial charge in [0.05, 0.1) is 6.07 Å². The van der Waals surface area contributed by atoms with Gasteiger partial charge in [-0.3, -0.25) is 9.59 Å². The lowest BCUT2D eigenvalue weighted by Crippen LogP contribution is -2.54. The van der Waals surface area contributed by atoms with E-state index in [1.54, 1.807) is 53.7 Å². The van der Waals surface area contributed by atoms with Crippen molar-refractivity contribution in [2.24, 2.45) is 0 Å². The minimum atomic E-state index is -1.28. The van der Waals surface area contributed by atoms with E-state index in [4.69, 9.17) is 4.74 Å². The molecule has 2 unspecified atom stereocenters. The van der Waals surface area contributed by atoms with Crippen LogP contribution >= 0.6 is 0 Å². The lowest BCUT2D eigenvalue weighted by molar-refractivity contribution is -0.142. The van der Waals surface area contributed by atoms with Gasteiger partial charge in [0.1, 0.15) is 30.0 Å². The highest BCUT2D eigenvalue weighted by Crippen LogP contribution is 2.30. The van der Waals surface area contributed by atoms with Crippen molar-refractivity contribution in [2.45, 2.75) is 71.7 Å². The fourth-order valence-electron chi connectivity index (χ4n) is 2.77. The maximum Gasteiger partial charge on any atom is 0.408 e. The van der Waals surface area contributed by atoms with Crippen molar-refractivity contribution in [1.82, 2.24) is 15.5 Å². The van der Waals surface area contributed by atoms with Crippen molar-refractivity contribution in [1.29, 1.82) is 5.26 Å². The molecule has 170 valence electrons. The number of carbonyl (C=O) groups excluding carboxylic acids is 3. The lowest BCUT2D eigenvalue weighted by Gasteiger charge is -2.34. The van der Waals surface area contributed by atoms with Gasteiger partial charge in [-0.25, -0.2) is 4.79 Å². The molecule has 0 aliphatic heterocycles. The molecule has 0 bridgehead atoms. The molecule has 0 saturated carbocycles. The van der Waals surface area contributed by atoms with E-state index in [9.17, 15) is 24.8 Å². The van der Waals surface area contributed by atoms with E-state index in [0.29, 0.717) is 0 Å². The van der Waals surface area contributed by atoms with Gasteiger partial charge in [0.2, 0.25) is 11.8 Å². The second-order valence-electron chi connectivity index (χ2n) is 9.19. The molecule has 0 spiro atoms. The smallest absolute Gasteiger partial charge is 0.408 e. The Morgan fingerprint density at radius 1 is 1.16 bits per heavy atom. The highest BCUT2D eigenvalue weighted by Gasteiger charge is 2.37. The Bertz CT molecular complexity index is 849. The number of phenols is 1. The monoisotopic (exact) mass is 432 g/mol. The second-order valence-corrected chi connectivity index (χ2v) is 9.19. The number of hydrogen-bond acceptors (Lipinski definition) is 6. The van der Waals surface area contributed by atoms with E-state index in [2.05, 4.69) is 10.6 Å². The molecule has 9 nitrogen and oxygen atoms in total. The molecule has 0 heterocycles. The maximum atomic E-state index is 13.2. The van der Waals surface area contributed by atoms with Crippen LogP contribution in [0.2, 0.25) is 0 Å². The molecule has 0 aliphatic rings. The standard InChI is InChI=1S/C22H32N4O5/c1-14(24-20(30)31-22(5,6)7)19(29)26(13-12-23)17(18(28)25-21(2,3)4)15-10-8-9-11-16(15)27/h8-11,14,17,27H,13H2,1-7H3,(H,24,30)(H,25,28). The predicted octanol–water partition coefficient (Wildman–Crippen LogP) is 2.61. The number of carbonyl (C=O) groups is 3. The first kappa shape index (κ1) is 25.8. The molecule has 3 amide bonds. The number of phenolic OH excluding ortho intramolecular Hbond substituents is 1. The molecule has 0 saturated heterocycles. The summed E-state index contributed by atoms with van der Waals surface area (Å²) in [5, 5.41) is 24.9. The number of nitrogens with one attached hydrogen (secondary N) is 2. The van der Waals surface area contributed by atoms with E-state index in [-0.39, 0.29) is 11.3 Å². The molecule has 1 rings (SSSR count). The Hall–Kier alpha value is -3.28. The largest absolute Gasteiger partial charge is 0.508 e. The molecule has 9 heteroatoms. The van der Waals surface area contributed by atoms with Crippen LogP contribution in [0.15, 0.2) is 24.3 Å². The molecular formula is C22H32N4O5. The van der Waals surface area contributed by atoms with Crippen LogP contribution in [-0.2, 0) is 14.3 Å². The van der Waals surface area contributed by atoms with Gasteiger partial charge in [-0.1, -0.05) is 18.2 Å². The number of amides is 3. The van der Waals surface area contributed by atoms with Gasteiger partial charge in [-0.2, -0.15) is 5.26 Å². The van der Waals surface area contributed by atoms with Gasteiger partial charge in [-0.05, 0) is 54.5 Å². The second kappa shape index (κ2) is 10.2. The van der Waals surface area contributed by atoms with Crippen molar-refractivity contribution in [3.05, 3.63) is 29.8 Å². The molecule has 0 fully saturated rings. The first-order valence-corrected chi connectivity index (χ1v) is 9.93. The molecular weight excluding hydrogens is 400 g/mol. The predicted molar refractivity (Wildman–Crippen MR) is 115 cm³/mol. The highest BCUT2D eigenvalue weighted by molar-refractivity contribution is 5.92. The fraction of sp³-hybridized carbons (Fsp3) is 0.545. The van der Waals surface area contributed by atoms with Crippen LogP contribution in [0.4, 0.5) is 4.79 Å². The van der Waals surface area contributed by atoms with Gasteiger partial charge in [0.25, 0.3) is 0 Å². The number of rotatable bonds is 6. The summed E-state index contributed by atoms with van der Waals surface area (Å²) >= 11 is 0. The summed E-state index contributed by atoms with van der Waals surface area (Å²) in [5.74, 6) is -1.44. The fourth-order valence-corrected chi connectivity index (χ4v) is 2.77. The number of ether oxygens (including phenoxy) is 1. The average Bonchev–Trinajstić information content (AvgIpc) is 2.58. The van der Waals surface area contributed by atoms with Crippen LogP contribution in [-0.4, -0.2) is 51.6 Å². The van der Waals surface area contributed by atoms with Gasteiger partial charge in [0, 0.05) is 11.1 Å². The van der Waals surface area contributed by atoms with Gasteiger partial charge in [-0.15, -0.1) is 0 Å². The first-order valence-electron chi connectivity index (χ1n) is 9.93. The Balaban J connectivity index is 3.31. The number of nitrogens with zero attached hydrogens (tertiary/aromatic N) is 2. The topological polar surface area (TPSA) is 132 Å². The summed E-state index contributed by atoms with van der Waals surface area (Å²) < 4.78 is 5.17. The van der Waals surface area contributed by atoms with Crippen LogP contribution in [0.5, 0.6) is 5.75 Å². The summed E-state index contributed by atoms with van der Waals surface area (Å²) in [7, 11) is 0. The first-order chi connectivity index (χ1) is 14.2. The lowest BCUT2D eigenvalue weighted by atomic mass is 10.00. The molecule has 3 N–H and O–H groups in total. The highest BCUT2D eigenvalue weighted by atomic mass is 16.6. The number of para-hydroxylation sites is 1. The molecule has 31 heavy (non-hydrogen) atoms. The van der Waals surface area contributed by atoms with Gasteiger partial charge >= 0.3 is 6.09 Å². The van der Waals surface area contributed by atoms with Crippen LogP contribution < -0.4 is 10.6 Å². The maximum absolute atomic E-state index is 13.2. The van der Waals surface area contributed by atoms with E-state index < -0.39 is 47.7 Å². The molecule has 0 aromatic heterocycles. The van der Waals surface area contributed by atoms with E-state index in [0.717, 1.165) is 4.90 Å². The number of aromatic hydroxyl groups is 1. The van der Waals surface area contributed by atoms with E-state index in [1.165, 1.54) is 19.1 Å². The van der Waals surface area contributed by atoms with Crippen LogP contribution in [0.25, 0.3) is 0 Å². The number of alkyl carbamates (subject to hydrolysis) is 1. The normalized spacial score (nSPS) is 13.4. The summed E-state index contributed by atoms with van der Waals surface area (Å²) in [5.41, 5.74) is -1.22. The van der Waals surface area contributed by atoms with Crippen molar-refractivity contribution >= 4 is 17.9 Å². The summed E-state index contributed by atoms with van der Waals surface area (Å²) in [4.78, 5) is 39.4. The minimum absolute atomic E-state index is 0.164. The van der Waals surface area contributed by atoms with E-state index in [1.807, 2.05) is 6.07 Å². The van der Waals surface area contributed by atoms with Crippen molar-refractivity contribution < 1.29 is 24.2 Å². The average molecular weight is 433 g/mol. The number of benzene rings is 1. The molecule has 1 aromatic carbocycles. The third-order valence-electron chi connectivity index (χ3n) is 3.92. The van der Waals surface area contributed by atoms with Gasteiger partial charge < -0.3 is 25.4 Å². The summed E-state index contributed by atoms with van der Waals surface area (Å²) in [6.45, 7) is 11.4. The van der Waals surface area contributed by atoms with Crippen LogP contribution in [0.1, 0.15) is 60.1 Å². The molecule has 0 aliphatic carbocycles. The summed E-state index contributed by atoms with van der Waals surface area (Å²) in [6.07, 6.45) is -0.802. The Kier molecular flexibility index (Phi) is 8.44. The number of hydrogen-bond donors (Lipinski definition) is 3. The number of nitriles is 1. The third kappa shape index (κ3) is 8.16. The molecule has 1 aromatic rings. The Morgan fingerprint density at radius 3 is 2.23 bits per heavy atom. The zero-order chi connectivity index (χ0) is 24.0. The van der Waals surface area contributed by atoms with E-state index >= 15 is 0 Å². The van der Waals surface area contributed by atoms with Crippen molar-refractivity contribution in [3.8, 4) is 11.8 Å². The van der Waals surface area contributed by atoms with Crippen molar-refractivity contribution in [3.63, 3.8) is 0 Å². The third-order valence-corrected chi connectivity index (χ3v) is 3.92. The van der Waals surface area contributed by atoms with Crippen LogP contribution in [0.3, 0.4) is 0 Å². The molecule has 0 radical (unpaired) electrons. The zero-order valence-electron chi connectivity index (χ0n) is 19.1. The zero-order valence-corrected chi connectivity index (χ0v) is 19.1. The van der Waals surface area contributed by atoms with Crippen molar-refractivity contribution in [2.75, 3.05) is 6.54 Å².